The van der Waals surface area contributed by atoms with Gasteiger partial charge in [-0.05, 0) is 31.2 Å². The number of imide groups is 1. The summed E-state index contributed by atoms with van der Waals surface area (Å²) in [6.45, 7) is 1.92. The Bertz CT molecular complexity index is 1090. The summed E-state index contributed by atoms with van der Waals surface area (Å²) in [4.78, 5) is 36.5. The highest BCUT2D eigenvalue weighted by molar-refractivity contribution is 8.00. The van der Waals surface area contributed by atoms with Gasteiger partial charge in [-0.3, -0.25) is 19.7 Å². The third kappa shape index (κ3) is 3.74. The Labute approximate surface area is 168 Å². The number of carbonyl (C=O) groups excluding carboxylic acids is 2. The third-order valence-corrected chi connectivity index (χ3v) is 5.39. The number of hydrogen-bond donors (Lipinski definition) is 0. The van der Waals surface area contributed by atoms with Gasteiger partial charge in [0.25, 0.3) is 10.9 Å². The van der Waals surface area contributed by atoms with Crippen LogP contribution in [0.2, 0.25) is 0 Å². The van der Waals surface area contributed by atoms with Crippen LogP contribution in [-0.4, -0.2) is 32.2 Å². The van der Waals surface area contributed by atoms with E-state index >= 15 is 0 Å². The lowest BCUT2D eigenvalue weighted by Crippen LogP contribution is -2.31. The molecular weight excluding hydrogens is 396 g/mol. The molecule has 0 spiro atoms. The molecule has 9 nitrogen and oxygen atoms in total. The van der Waals surface area contributed by atoms with Crippen LogP contribution in [0, 0.1) is 17.0 Å². The number of amides is 2. The van der Waals surface area contributed by atoms with E-state index in [1.807, 2.05) is 19.1 Å². The first-order valence-electron chi connectivity index (χ1n) is 8.61. The molecule has 1 aromatic heterocycles. The van der Waals surface area contributed by atoms with Crippen LogP contribution in [0.4, 0.5) is 11.4 Å². The lowest BCUT2D eigenvalue weighted by Gasteiger charge is -2.14. The number of carbonyl (C=O) groups is 2. The standard InChI is InChI=1S/C19H14N4O5S/c1-11-2-6-13(7-3-11)22-16(24)10-15(18(22)25)29-19-21-20-17(28-19)12-4-8-14(9-5-12)23(26)27/h2-9,15H,10H2,1H3. The average molecular weight is 410 g/mol. The summed E-state index contributed by atoms with van der Waals surface area (Å²) < 4.78 is 5.56. The zero-order valence-corrected chi connectivity index (χ0v) is 16.0. The van der Waals surface area contributed by atoms with E-state index in [1.54, 1.807) is 12.1 Å². The molecule has 1 saturated heterocycles. The van der Waals surface area contributed by atoms with Crippen molar-refractivity contribution >= 4 is 35.0 Å². The Balaban J connectivity index is 1.49. The fraction of sp³-hybridized carbons (Fsp3) is 0.158. The number of hydrogen-bond acceptors (Lipinski definition) is 8. The topological polar surface area (TPSA) is 119 Å². The first kappa shape index (κ1) is 18.8. The number of rotatable bonds is 5. The molecule has 3 aromatic rings. The van der Waals surface area contributed by atoms with Crippen LogP contribution in [0.25, 0.3) is 11.5 Å². The van der Waals surface area contributed by atoms with Gasteiger partial charge in [0.05, 0.1) is 10.6 Å². The normalized spacial score (nSPS) is 16.4. The van der Waals surface area contributed by atoms with Gasteiger partial charge in [0.1, 0.15) is 5.25 Å². The molecule has 2 amide bonds. The molecule has 0 saturated carbocycles. The van der Waals surface area contributed by atoms with Gasteiger partial charge in [-0.15, -0.1) is 10.2 Å². The van der Waals surface area contributed by atoms with Crippen molar-refractivity contribution in [2.45, 2.75) is 23.8 Å². The van der Waals surface area contributed by atoms with E-state index in [1.165, 1.54) is 29.2 Å². The van der Waals surface area contributed by atoms with Crippen molar-refractivity contribution in [1.29, 1.82) is 0 Å². The van der Waals surface area contributed by atoms with E-state index in [0.717, 1.165) is 17.3 Å². The maximum atomic E-state index is 12.7. The Morgan fingerprint density at radius 3 is 2.45 bits per heavy atom. The molecule has 4 rings (SSSR count). The fourth-order valence-electron chi connectivity index (χ4n) is 2.88. The summed E-state index contributed by atoms with van der Waals surface area (Å²) in [5.74, 6) is -0.444. The van der Waals surface area contributed by atoms with Crippen molar-refractivity contribution in [2.24, 2.45) is 0 Å². The summed E-state index contributed by atoms with van der Waals surface area (Å²) in [7, 11) is 0. The van der Waals surface area contributed by atoms with Crippen molar-refractivity contribution in [2.75, 3.05) is 4.90 Å². The van der Waals surface area contributed by atoms with Crippen LogP contribution < -0.4 is 4.90 Å². The van der Waals surface area contributed by atoms with Crippen molar-refractivity contribution in [3.8, 4) is 11.5 Å². The molecule has 29 heavy (non-hydrogen) atoms. The maximum Gasteiger partial charge on any atom is 0.277 e. The number of non-ortho nitro benzene ring substituents is 1. The van der Waals surface area contributed by atoms with Gasteiger partial charge >= 0.3 is 0 Å². The molecule has 10 heteroatoms. The van der Waals surface area contributed by atoms with Crippen molar-refractivity contribution < 1.29 is 18.9 Å². The van der Waals surface area contributed by atoms with Gasteiger partial charge < -0.3 is 4.42 Å². The summed E-state index contributed by atoms with van der Waals surface area (Å²) in [5, 5.41) is 18.1. The summed E-state index contributed by atoms with van der Waals surface area (Å²) in [6.07, 6.45) is 0.0343. The van der Waals surface area contributed by atoms with Crippen molar-refractivity contribution in [3.05, 3.63) is 64.2 Å². The SMILES string of the molecule is Cc1ccc(N2C(=O)CC(Sc3nnc(-c4ccc([N+](=O)[O-])cc4)o3)C2=O)cc1. The molecule has 1 atom stereocenters. The van der Waals surface area contributed by atoms with Gasteiger partial charge in [-0.25, -0.2) is 4.90 Å². The van der Waals surface area contributed by atoms with E-state index in [0.29, 0.717) is 11.3 Å². The van der Waals surface area contributed by atoms with Crippen LogP contribution in [0.3, 0.4) is 0 Å². The molecule has 0 bridgehead atoms. The zero-order valence-electron chi connectivity index (χ0n) is 15.1. The Kier molecular flexibility index (Phi) is 4.85. The van der Waals surface area contributed by atoms with Crippen molar-refractivity contribution in [3.63, 3.8) is 0 Å². The minimum absolute atomic E-state index is 0.0343. The first-order valence-corrected chi connectivity index (χ1v) is 9.49. The molecule has 1 fully saturated rings. The van der Waals surface area contributed by atoms with E-state index < -0.39 is 10.2 Å². The molecule has 2 heterocycles. The minimum atomic E-state index is -0.658. The predicted molar refractivity (Wildman–Crippen MR) is 104 cm³/mol. The molecular formula is C19H14N4O5S. The molecule has 0 radical (unpaired) electrons. The number of anilines is 1. The second-order valence-corrected chi connectivity index (χ2v) is 7.54. The molecule has 1 aliphatic rings. The van der Waals surface area contributed by atoms with Gasteiger partial charge in [-0.1, -0.05) is 29.5 Å². The third-order valence-electron chi connectivity index (χ3n) is 4.37. The van der Waals surface area contributed by atoms with E-state index in [2.05, 4.69) is 10.2 Å². The molecule has 1 unspecified atom stereocenters. The Morgan fingerprint density at radius 1 is 1.10 bits per heavy atom. The molecule has 0 N–H and O–H groups in total. The van der Waals surface area contributed by atoms with Crippen LogP contribution in [0.5, 0.6) is 0 Å². The number of nitro groups is 1. The maximum absolute atomic E-state index is 12.7. The van der Waals surface area contributed by atoms with Crippen LogP contribution in [0.1, 0.15) is 12.0 Å². The number of nitrogens with zero attached hydrogens (tertiary/aromatic N) is 4. The lowest BCUT2D eigenvalue weighted by molar-refractivity contribution is -0.384. The number of aryl methyl sites for hydroxylation is 1. The number of thioether (sulfide) groups is 1. The largest absolute Gasteiger partial charge is 0.411 e. The number of benzene rings is 2. The Hall–Kier alpha value is -3.53. The van der Waals surface area contributed by atoms with E-state index in [-0.39, 0.29) is 35.0 Å². The number of nitro benzene ring substituents is 1. The van der Waals surface area contributed by atoms with Crippen LogP contribution in [0.15, 0.2) is 58.2 Å². The van der Waals surface area contributed by atoms with E-state index in [4.69, 9.17) is 4.42 Å². The quantitative estimate of drug-likeness (QED) is 0.357. The molecule has 0 aliphatic carbocycles. The van der Waals surface area contributed by atoms with E-state index in [9.17, 15) is 19.7 Å². The van der Waals surface area contributed by atoms with Gasteiger partial charge in [0, 0.05) is 24.1 Å². The van der Waals surface area contributed by atoms with Gasteiger partial charge in [0.15, 0.2) is 0 Å². The summed E-state index contributed by atoms with van der Waals surface area (Å²) in [5.41, 5.74) is 2.04. The second kappa shape index (κ2) is 7.47. The van der Waals surface area contributed by atoms with Crippen molar-refractivity contribution in [1.82, 2.24) is 10.2 Å². The second-order valence-electron chi connectivity index (χ2n) is 6.39. The van der Waals surface area contributed by atoms with Gasteiger partial charge in [0.2, 0.25) is 17.7 Å². The lowest BCUT2D eigenvalue weighted by atomic mass is 10.2. The van der Waals surface area contributed by atoms with Crippen LogP contribution >= 0.6 is 11.8 Å². The summed E-state index contributed by atoms with van der Waals surface area (Å²) in [6, 6.07) is 12.8. The minimum Gasteiger partial charge on any atom is -0.411 e. The highest BCUT2D eigenvalue weighted by Gasteiger charge is 2.41. The summed E-state index contributed by atoms with van der Waals surface area (Å²) >= 11 is 1.03. The monoisotopic (exact) mass is 410 g/mol. The number of aromatic nitrogens is 2. The van der Waals surface area contributed by atoms with Crippen LogP contribution in [-0.2, 0) is 9.59 Å². The van der Waals surface area contributed by atoms with Gasteiger partial charge in [-0.2, -0.15) is 0 Å². The zero-order chi connectivity index (χ0) is 20.5. The molecule has 1 aliphatic heterocycles. The Morgan fingerprint density at radius 2 is 1.79 bits per heavy atom. The first-order chi connectivity index (χ1) is 13.9. The highest BCUT2D eigenvalue weighted by atomic mass is 32.2. The molecule has 2 aromatic carbocycles. The fourth-order valence-corrected chi connectivity index (χ4v) is 3.77. The average Bonchev–Trinajstić information content (AvgIpc) is 3.28. The highest BCUT2D eigenvalue weighted by Crippen LogP contribution is 2.34. The predicted octanol–water partition coefficient (Wildman–Crippen LogP) is 3.38. The molecule has 146 valence electrons. The smallest absolute Gasteiger partial charge is 0.277 e.